The maximum atomic E-state index is 12.9. The average Bonchev–Trinajstić information content (AvgIpc) is 3.51. The van der Waals surface area contributed by atoms with Crippen LogP contribution in [0.5, 0.6) is 11.5 Å². The van der Waals surface area contributed by atoms with Crippen LogP contribution in [0.2, 0.25) is 5.02 Å². The topological polar surface area (TPSA) is 109 Å². The van der Waals surface area contributed by atoms with E-state index in [2.05, 4.69) is 0 Å². The first kappa shape index (κ1) is 22.1. The third-order valence-corrected chi connectivity index (χ3v) is 6.64. The van der Waals surface area contributed by atoms with E-state index < -0.39 is 17.1 Å². The number of furan rings is 1. The standard InChI is InChI=1S/C24H16ClNO7S/c1-12-2-3-13(23(28)29)6-16(12)18-5-4-15(33-18)8-21-22(27)26(24(30)34-21)10-14-7-19-20(9-17(14)25)32-11-31-19/h2-9H,10-11H2,1H3,(H,28,29)/p-1/b21-8-. The van der Waals surface area contributed by atoms with Crippen LogP contribution >= 0.6 is 23.4 Å². The molecule has 0 unspecified atom stereocenters. The van der Waals surface area contributed by atoms with E-state index in [1.165, 1.54) is 18.2 Å². The summed E-state index contributed by atoms with van der Waals surface area (Å²) in [4.78, 5) is 37.9. The van der Waals surface area contributed by atoms with Gasteiger partial charge in [-0.3, -0.25) is 14.5 Å². The summed E-state index contributed by atoms with van der Waals surface area (Å²) in [5, 5.41) is 11.1. The molecule has 1 fully saturated rings. The number of nitrogens with zero attached hydrogens (tertiary/aromatic N) is 1. The quantitative estimate of drug-likeness (QED) is 0.482. The monoisotopic (exact) mass is 496 g/mol. The minimum absolute atomic E-state index is 0.0178. The van der Waals surface area contributed by atoms with E-state index in [0.717, 1.165) is 22.2 Å². The van der Waals surface area contributed by atoms with Crippen molar-refractivity contribution in [1.29, 1.82) is 0 Å². The van der Waals surface area contributed by atoms with E-state index in [0.29, 0.717) is 39.2 Å². The number of aromatic carboxylic acids is 1. The molecule has 8 nitrogen and oxygen atoms in total. The zero-order chi connectivity index (χ0) is 24.0. The van der Waals surface area contributed by atoms with Crippen molar-refractivity contribution in [2.45, 2.75) is 13.5 Å². The van der Waals surface area contributed by atoms with Gasteiger partial charge in [-0.15, -0.1) is 0 Å². The van der Waals surface area contributed by atoms with Gasteiger partial charge in [0.05, 0.1) is 17.4 Å². The molecule has 0 aliphatic carbocycles. The lowest BCUT2D eigenvalue weighted by Gasteiger charge is -2.14. The van der Waals surface area contributed by atoms with Crippen LogP contribution in [0.15, 0.2) is 51.8 Å². The maximum Gasteiger partial charge on any atom is 0.293 e. The van der Waals surface area contributed by atoms with Gasteiger partial charge in [0.1, 0.15) is 11.5 Å². The summed E-state index contributed by atoms with van der Waals surface area (Å²) in [5.74, 6) is 0.0269. The lowest BCUT2D eigenvalue weighted by atomic mass is 10.0. The lowest BCUT2D eigenvalue weighted by molar-refractivity contribution is -0.255. The molecule has 3 heterocycles. The minimum Gasteiger partial charge on any atom is -0.545 e. The van der Waals surface area contributed by atoms with Crippen molar-refractivity contribution < 1.29 is 33.4 Å². The number of hydrogen-bond acceptors (Lipinski definition) is 8. The highest BCUT2D eigenvalue weighted by molar-refractivity contribution is 8.18. The molecule has 0 atom stereocenters. The SMILES string of the molecule is Cc1ccc(C(=O)[O-])cc1-c1ccc(/C=C2\SC(=O)N(Cc3cc4c(cc3Cl)OCO4)C2=O)o1. The Morgan fingerprint density at radius 3 is 2.68 bits per heavy atom. The number of aryl methyl sites for hydroxylation is 1. The molecule has 2 aliphatic rings. The fourth-order valence-electron chi connectivity index (χ4n) is 3.61. The number of carboxylic acid groups (broad SMARTS) is 1. The van der Waals surface area contributed by atoms with Crippen molar-refractivity contribution in [3.63, 3.8) is 0 Å². The van der Waals surface area contributed by atoms with E-state index in [1.54, 1.807) is 30.3 Å². The molecule has 0 N–H and O–H groups in total. The highest BCUT2D eigenvalue weighted by atomic mass is 35.5. The first-order valence-corrected chi connectivity index (χ1v) is 11.2. The first-order chi connectivity index (χ1) is 16.3. The Morgan fingerprint density at radius 1 is 1.15 bits per heavy atom. The summed E-state index contributed by atoms with van der Waals surface area (Å²) in [6.45, 7) is 1.89. The van der Waals surface area contributed by atoms with Crippen LogP contribution in [0.1, 0.15) is 27.2 Å². The summed E-state index contributed by atoms with van der Waals surface area (Å²) in [6, 6.07) is 11.1. The smallest absolute Gasteiger partial charge is 0.293 e. The number of carbonyl (C=O) groups excluding carboxylic acids is 3. The van der Waals surface area contributed by atoms with Crippen LogP contribution in [0.25, 0.3) is 17.4 Å². The molecule has 0 bridgehead atoms. The molecule has 0 spiro atoms. The van der Waals surface area contributed by atoms with Gasteiger partial charge in [0.15, 0.2) is 11.5 Å². The second-order valence-corrected chi connectivity index (χ2v) is 8.98. The number of hydrogen-bond donors (Lipinski definition) is 0. The van der Waals surface area contributed by atoms with Crippen molar-refractivity contribution >= 4 is 46.6 Å². The number of halogens is 1. The van der Waals surface area contributed by atoms with Crippen molar-refractivity contribution in [3.05, 3.63) is 74.8 Å². The van der Waals surface area contributed by atoms with Gasteiger partial charge in [0, 0.05) is 22.7 Å². The molecule has 2 aromatic carbocycles. The summed E-state index contributed by atoms with van der Waals surface area (Å²) in [5.41, 5.74) is 1.98. The highest BCUT2D eigenvalue weighted by Crippen LogP contribution is 2.39. The Labute approximate surface area is 202 Å². The Balaban J connectivity index is 1.38. The van der Waals surface area contributed by atoms with Gasteiger partial charge in [-0.25, -0.2) is 0 Å². The van der Waals surface area contributed by atoms with Crippen molar-refractivity contribution in [2.75, 3.05) is 6.79 Å². The third-order valence-electron chi connectivity index (χ3n) is 5.38. The van der Waals surface area contributed by atoms with Gasteiger partial charge in [-0.2, -0.15) is 0 Å². The van der Waals surface area contributed by atoms with Crippen molar-refractivity contribution in [2.24, 2.45) is 0 Å². The normalized spacial score (nSPS) is 16.1. The molecule has 3 aromatic rings. The first-order valence-electron chi connectivity index (χ1n) is 10.1. The van der Waals surface area contributed by atoms with Crippen LogP contribution in [0, 0.1) is 6.92 Å². The van der Waals surface area contributed by atoms with Gasteiger partial charge in [-0.1, -0.05) is 23.7 Å². The van der Waals surface area contributed by atoms with E-state index in [-0.39, 0.29) is 23.8 Å². The minimum atomic E-state index is -1.29. The summed E-state index contributed by atoms with van der Waals surface area (Å²) < 4.78 is 16.4. The highest BCUT2D eigenvalue weighted by Gasteiger charge is 2.36. The van der Waals surface area contributed by atoms with Gasteiger partial charge in [0.2, 0.25) is 6.79 Å². The lowest BCUT2D eigenvalue weighted by Crippen LogP contribution is -2.27. The predicted molar refractivity (Wildman–Crippen MR) is 122 cm³/mol. The largest absolute Gasteiger partial charge is 0.545 e. The van der Waals surface area contributed by atoms with Crippen molar-refractivity contribution in [1.82, 2.24) is 4.90 Å². The molecule has 34 heavy (non-hydrogen) atoms. The fourth-order valence-corrected chi connectivity index (χ4v) is 4.64. The van der Waals surface area contributed by atoms with Crippen LogP contribution in [0.4, 0.5) is 4.79 Å². The molecule has 0 radical (unpaired) electrons. The zero-order valence-electron chi connectivity index (χ0n) is 17.6. The molecule has 2 aliphatic heterocycles. The summed E-state index contributed by atoms with van der Waals surface area (Å²) in [7, 11) is 0. The maximum absolute atomic E-state index is 12.9. The second kappa shape index (κ2) is 8.58. The van der Waals surface area contributed by atoms with Crippen LogP contribution in [0.3, 0.4) is 0 Å². The molecule has 10 heteroatoms. The zero-order valence-corrected chi connectivity index (χ0v) is 19.2. The number of fused-ring (bicyclic) bond motifs is 1. The molecule has 0 saturated carbocycles. The Morgan fingerprint density at radius 2 is 1.91 bits per heavy atom. The van der Waals surface area contributed by atoms with E-state index >= 15 is 0 Å². The Hall–Kier alpha value is -3.69. The average molecular weight is 497 g/mol. The van der Waals surface area contributed by atoms with Gasteiger partial charge >= 0.3 is 0 Å². The number of rotatable bonds is 5. The molecule has 1 aromatic heterocycles. The van der Waals surface area contributed by atoms with Crippen LogP contribution in [-0.2, 0) is 11.3 Å². The summed E-state index contributed by atoms with van der Waals surface area (Å²) >= 11 is 7.09. The van der Waals surface area contributed by atoms with Gasteiger partial charge in [0.25, 0.3) is 11.1 Å². The molecular weight excluding hydrogens is 482 g/mol. The fraction of sp³-hybridized carbons (Fsp3) is 0.125. The molecule has 2 amide bonds. The number of imide groups is 1. The van der Waals surface area contributed by atoms with Crippen molar-refractivity contribution in [3.8, 4) is 22.8 Å². The number of carbonyl (C=O) groups is 3. The van der Waals surface area contributed by atoms with E-state index in [1.807, 2.05) is 6.92 Å². The van der Waals surface area contributed by atoms with E-state index in [4.69, 9.17) is 25.5 Å². The van der Waals surface area contributed by atoms with E-state index in [9.17, 15) is 19.5 Å². The number of thioether (sulfide) groups is 1. The Kier molecular flexibility index (Phi) is 5.59. The Bertz CT molecular complexity index is 1390. The predicted octanol–water partition coefficient (Wildman–Crippen LogP) is 4.24. The second-order valence-electron chi connectivity index (χ2n) is 7.58. The number of ether oxygens (including phenoxy) is 2. The molecule has 5 rings (SSSR count). The van der Waals surface area contributed by atoms with Gasteiger partial charge < -0.3 is 23.8 Å². The molecule has 172 valence electrons. The number of benzene rings is 2. The molecular formula is C24H15ClNO7S-. The number of amides is 2. The third kappa shape index (κ3) is 4.04. The van der Waals surface area contributed by atoms with Gasteiger partial charge in [-0.05, 0) is 59.6 Å². The number of carboxylic acids is 1. The molecule has 1 saturated heterocycles. The van der Waals surface area contributed by atoms with Crippen LogP contribution in [-0.4, -0.2) is 28.8 Å². The van der Waals surface area contributed by atoms with Crippen LogP contribution < -0.4 is 14.6 Å². The summed E-state index contributed by atoms with van der Waals surface area (Å²) in [6.07, 6.45) is 1.48.